The molecule has 0 aromatic rings. The zero-order chi connectivity index (χ0) is 14.8. The Bertz CT molecular complexity index is 331. The number of carbonyl (C=O) groups excluding carboxylic acids is 1. The zero-order valence-corrected chi connectivity index (χ0v) is 12.3. The predicted molar refractivity (Wildman–Crippen MR) is 71.1 cm³/mol. The topological polar surface area (TPSA) is 92.4 Å². The normalized spacial score (nSPS) is 13.3. The first kappa shape index (κ1) is 16.9. The van der Waals surface area contributed by atoms with Gasteiger partial charge in [0.25, 0.3) is 0 Å². The van der Waals surface area contributed by atoms with Crippen molar-refractivity contribution in [3.8, 4) is 0 Å². The van der Waals surface area contributed by atoms with Crippen LogP contribution >= 0.6 is 0 Å². The van der Waals surface area contributed by atoms with Gasteiger partial charge in [-0.1, -0.05) is 13.8 Å². The molecule has 0 aliphatic rings. The van der Waals surface area contributed by atoms with Crippen LogP contribution in [0.1, 0.15) is 54.4 Å². The van der Waals surface area contributed by atoms with Crippen LogP contribution in [0, 0.1) is 5.41 Å². The minimum atomic E-state index is -1.08. The molecule has 5 nitrogen and oxygen atoms in total. The van der Waals surface area contributed by atoms with Crippen LogP contribution in [0.2, 0.25) is 0 Å². The smallest absolute Gasteiger partial charge is 0.311 e. The van der Waals surface area contributed by atoms with Crippen LogP contribution in [0.5, 0.6) is 0 Å². The van der Waals surface area contributed by atoms with Crippen LogP contribution < -0.4 is 11.1 Å². The molecule has 0 saturated carbocycles. The van der Waals surface area contributed by atoms with Crippen LogP contribution in [0.15, 0.2) is 0 Å². The number of carboxylic acids is 1. The number of hydrogen-bond donors (Lipinski definition) is 3. The van der Waals surface area contributed by atoms with Crippen molar-refractivity contribution < 1.29 is 14.7 Å². The lowest BCUT2D eigenvalue weighted by molar-refractivity contribution is -0.152. The Kier molecular flexibility index (Phi) is 4.94. The maximum atomic E-state index is 12.2. The lowest BCUT2D eigenvalue weighted by Gasteiger charge is -2.41. The Morgan fingerprint density at radius 3 is 1.78 bits per heavy atom. The number of nitrogens with two attached hydrogens (primary N) is 1. The Labute approximate surface area is 109 Å². The SMILES string of the molecule is CCC(N)(CC)C(=O)NC(C)(C)C(C)(C)C(=O)O. The molecule has 0 bridgehead atoms. The second-order valence-electron chi connectivity index (χ2n) is 5.87. The molecule has 4 N–H and O–H groups in total. The molecule has 106 valence electrons. The average Bonchev–Trinajstić information content (AvgIpc) is 2.26. The first-order valence-corrected chi connectivity index (χ1v) is 6.29. The van der Waals surface area contributed by atoms with Crippen LogP contribution in [0.25, 0.3) is 0 Å². The molecule has 0 aromatic heterocycles. The van der Waals surface area contributed by atoms with Gasteiger partial charge in [0, 0.05) is 0 Å². The third-order valence-corrected chi connectivity index (χ3v) is 4.24. The summed E-state index contributed by atoms with van der Waals surface area (Å²) in [5.41, 5.74) is 3.11. The fourth-order valence-corrected chi connectivity index (χ4v) is 1.40. The van der Waals surface area contributed by atoms with Gasteiger partial charge in [0.15, 0.2) is 0 Å². The van der Waals surface area contributed by atoms with E-state index in [2.05, 4.69) is 5.32 Å². The van der Waals surface area contributed by atoms with E-state index >= 15 is 0 Å². The molecule has 5 heteroatoms. The van der Waals surface area contributed by atoms with Crippen molar-refractivity contribution in [1.29, 1.82) is 0 Å². The van der Waals surface area contributed by atoms with Crippen molar-refractivity contribution in [3.63, 3.8) is 0 Å². The number of amides is 1. The molecule has 0 saturated heterocycles. The highest BCUT2D eigenvalue weighted by Crippen LogP contribution is 2.31. The highest BCUT2D eigenvalue weighted by Gasteiger charge is 2.46. The molecule has 0 unspecified atom stereocenters. The van der Waals surface area contributed by atoms with E-state index in [0.29, 0.717) is 12.8 Å². The van der Waals surface area contributed by atoms with Crippen molar-refractivity contribution in [2.24, 2.45) is 11.1 Å². The number of rotatable bonds is 6. The monoisotopic (exact) mass is 258 g/mol. The summed E-state index contributed by atoms with van der Waals surface area (Å²) in [4.78, 5) is 23.4. The van der Waals surface area contributed by atoms with E-state index in [0.717, 1.165) is 0 Å². The molecule has 0 radical (unpaired) electrons. The Balaban J connectivity index is 5.11. The molecule has 0 aromatic carbocycles. The summed E-state index contributed by atoms with van der Waals surface area (Å²) in [6.45, 7) is 10.3. The molecule has 0 rings (SSSR count). The zero-order valence-electron chi connectivity index (χ0n) is 12.3. The van der Waals surface area contributed by atoms with Crippen LogP contribution in [0.3, 0.4) is 0 Å². The number of hydrogen-bond acceptors (Lipinski definition) is 3. The highest BCUT2D eigenvalue weighted by molar-refractivity contribution is 5.87. The highest BCUT2D eigenvalue weighted by atomic mass is 16.4. The first-order chi connectivity index (χ1) is 7.94. The standard InChI is InChI=1S/C13H26N2O3/c1-7-13(14,8-2)9(16)15-12(5,6)11(3,4)10(17)18/h7-8,14H2,1-6H3,(H,15,16)(H,17,18). The van der Waals surface area contributed by atoms with E-state index in [4.69, 9.17) is 5.73 Å². The van der Waals surface area contributed by atoms with Gasteiger partial charge in [0.2, 0.25) is 5.91 Å². The van der Waals surface area contributed by atoms with Gasteiger partial charge in [-0.3, -0.25) is 9.59 Å². The van der Waals surface area contributed by atoms with Gasteiger partial charge in [-0.25, -0.2) is 0 Å². The minimum absolute atomic E-state index is 0.299. The van der Waals surface area contributed by atoms with E-state index in [1.165, 1.54) is 0 Å². The largest absolute Gasteiger partial charge is 0.481 e. The maximum Gasteiger partial charge on any atom is 0.311 e. The molecule has 0 aliphatic carbocycles. The minimum Gasteiger partial charge on any atom is -0.481 e. The van der Waals surface area contributed by atoms with Crippen molar-refractivity contribution in [2.45, 2.75) is 65.5 Å². The van der Waals surface area contributed by atoms with Crippen molar-refractivity contribution >= 4 is 11.9 Å². The first-order valence-electron chi connectivity index (χ1n) is 6.29. The van der Waals surface area contributed by atoms with Gasteiger partial charge >= 0.3 is 5.97 Å². The van der Waals surface area contributed by atoms with E-state index < -0.39 is 22.5 Å². The summed E-state index contributed by atoms with van der Waals surface area (Å²) < 4.78 is 0. The lowest BCUT2D eigenvalue weighted by atomic mass is 9.74. The quantitative estimate of drug-likeness (QED) is 0.673. The summed E-state index contributed by atoms with van der Waals surface area (Å²) in [5, 5.41) is 12.0. The molecular formula is C13H26N2O3. The molecule has 0 spiro atoms. The summed E-state index contributed by atoms with van der Waals surface area (Å²) in [6, 6.07) is 0. The van der Waals surface area contributed by atoms with Crippen molar-refractivity contribution in [1.82, 2.24) is 5.32 Å². The fraction of sp³-hybridized carbons (Fsp3) is 0.846. The molecule has 0 atom stereocenters. The lowest BCUT2D eigenvalue weighted by Crippen LogP contribution is -2.63. The number of nitrogens with one attached hydrogen (secondary N) is 1. The van der Waals surface area contributed by atoms with E-state index in [-0.39, 0.29) is 5.91 Å². The molecule has 18 heavy (non-hydrogen) atoms. The third kappa shape index (κ3) is 3.02. The number of carboxylic acid groups (broad SMARTS) is 1. The van der Waals surface area contributed by atoms with Crippen LogP contribution in [0.4, 0.5) is 0 Å². The van der Waals surface area contributed by atoms with Crippen LogP contribution in [-0.2, 0) is 9.59 Å². The Hall–Kier alpha value is -1.10. The molecule has 1 amide bonds. The molecule has 0 fully saturated rings. The van der Waals surface area contributed by atoms with E-state index in [1.807, 2.05) is 13.8 Å². The Morgan fingerprint density at radius 2 is 1.50 bits per heavy atom. The van der Waals surface area contributed by atoms with Gasteiger partial charge in [0.05, 0.1) is 16.5 Å². The van der Waals surface area contributed by atoms with Crippen LogP contribution in [-0.4, -0.2) is 28.1 Å². The second kappa shape index (κ2) is 5.26. The van der Waals surface area contributed by atoms with Crippen molar-refractivity contribution in [2.75, 3.05) is 0 Å². The maximum absolute atomic E-state index is 12.2. The average molecular weight is 258 g/mol. The predicted octanol–water partition coefficient (Wildman–Crippen LogP) is 1.51. The van der Waals surface area contributed by atoms with Crippen molar-refractivity contribution in [3.05, 3.63) is 0 Å². The second-order valence-corrected chi connectivity index (χ2v) is 5.87. The van der Waals surface area contributed by atoms with Gasteiger partial charge in [-0.15, -0.1) is 0 Å². The summed E-state index contributed by atoms with van der Waals surface area (Å²) >= 11 is 0. The molecule has 0 heterocycles. The van der Waals surface area contributed by atoms with Gasteiger partial charge < -0.3 is 16.2 Å². The number of carbonyl (C=O) groups is 2. The third-order valence-electron chi connectivity index (χ3n) is 4.24. The van der Waals surface area contributed by atoms with Gasteiger partial charge in [-0.05, 0) is 40.5 Å². The number of aliphatic carboxylic acids is 1. The van der Waals surface area contributed by atoms with Gasteiger partial charge in [-0.2, -0.15) is 0 Å². The van der Waals surface area contributed by atoms with E-state index in [9.17, 15) is 14.7 Å². The summed E-state index contributed by atoms with van der Waals surface area (Å²) in [7, 11) is 0. The molecule has 0 aliphatic heterocycles. The summed E-state index contributed by atoms with van der Waals surface area (Å²) in [6.07, 6.45) is 1.03. The van der Waals surface area contributed by atoms with Gasteiger partial charge in [0.1, 0.15) is 0 Å². The Morgan fingerprint density at radius 1 is 1.11 bits per heavy atom. The van der Waals surface area contributed by atoms with E-state index in [1.54, 1.807) is 27.7 Å². The molecular weight excluding hydrogens is 232 g/mol. The fourth-order valence-electron chi connectivity index (χ4n) is 1.40. The summed E-state index contributed by atoms with van der Waals surface area (Å²) in [5.74, 6) is -1.25.